The highest BCUT2D eigenvalue weighted by Gasteiger charge is 2.30. The molecular weight excluding hydrogens is 407 g/mol. The van der Waals surface area contributed by atoms with Crippen molar-refractivity contribution in [3.63, 3.8) is 0 Å². The van der Waals surface area contributed by atoms with Crippen LogP contribution in [0, 0.1) is 0 Å². The van der Waals surface area contributed by atoms with Crippen LogP contribution in [0.15, 0.2) is 67.1 Å². The van der Waals surface area contributed by atoms with Crippen LogP contribution in [-0.4, -0.2) is 27.8 Å². The number of pyridine rings is 1. The van der Waals surface area contributed by atoms with Crippen LogP contribution >= 0.6 is 0 Å². The second-order valence-electron chi connectivity index (χ2n) is 7.00. The van der Waals surface area contributed by atoms with Crippen LogP contribution in [0.4, 0.5) is 29.3 Å². The van der Waals surface area contributed by atoms with E-state index in [0.29, 0.717) is 5.69 Å². The summed E-state index contributed by atoms with van der Waals surface area (Å²) in [6.45, 7) is 0. The van der Waals surface area contributed by atoms with Crippen molar-refractivity contribution >= 4 is 28.3 Å². The summed E-state index contributed by atoms with van der Waals surface area (Å²) in [6.07, 6.45) is 0.790. The van der Waals surface area contributed by atoms with Gasteiger partial charge in [0.25, 0.3) is 0 Å². The maximum atomic E-state index is 12.9. The molecule has 0 saturated carbocycles. The number of anilines is 2. The van der Waals surface area contributed by atoms with E-state index < -0.39 is 17.8 Å². The Morgan fingerprint density at radius 3 is 2.52 bits per heavy atom. The number of carbonyl (C=O) groups is 1. The number of carbonyl (C=O) groups excluding carboxylic acids is 1. The third kappa shape index (κ3) is 4.07. The first-order valence-electron chi connectivity index (χ1n) is 9.32. The zero-order valence-electron chi connectivity index (χ0n) is 16.7. The van der Waals surface area contributed by atoms with Crippen molar-refractivity contribution in [2.45, 2.75) is 6.18 Å². The molecule has 158 valence electrons. The molecule has 9 heteroatoms. The molecule has 0 aliphatic carbocycles. The van der Waals surface area contributed by atoms with Gasteiger partial charge in [0.05, 0.1) is 23.5 Å². The summed E-state index contributed by atoms with van der Waals surface area (Å²) in [4.78, 5) is 18.1. The molecule has 0 unspecified atom stereocenters. The van der Waals surface area contributed by atoms with E-state index in [0.717, 1.165) is 34.2 Å². The van der Waals surface area contributed by atoms with Crippen molar-refractivity contribution in [3.8, 4) is 11.1 Å². The summed E-state index contributed by atoms with van der Waals surface area (Å²) in [7, 11) is 3.39. The zero-order valence-corrected chi connectivity index (χ0v) is 16.7. The number of aryl methyl sites for hydroxylation is 1. The number of alkyl halides is 3. The molecule has 0 fully saturated rings. The summed E-state index contributed by atoms with van der Waals surface area (Å²) in [6, 6.07) is 11.2. The average Bonchev–Trinajstić information content (AvgIpc) is 3.14. The molecule has 2 heterocycles. The van der Waals surface area contributed by atoms with Crippen molar-refractivity contribution in [1.29, 1.82) is 0 Å². The molecule has 6 nitrogen and oxygen atoms in total. The summed E-state index contributed by atoms with van der Waals surface area (Å²) in [5, 5.41) is 7.71. The lowest BCUT2D eigenvalue weighted by molar-refractivity contribution is -0.137. The highest BCUT2D eigenvalue weighted by Crippen LogP contribution is 2.31. The molecule has 2 amide bonds. The van der Waals surface area contributed by atoms with Gasteiger partial charge in [-0.2, -0.15) is 18.3 Å². The summed E-state index contributed by atoms with van der Waals surface area (Å²) < 4.78 is 40.4. The van der Waals surface area contributed by atoms with Crippen molar-refractivity contribution < 1.29 is 18.0 Å². The molecule has 2 aromatic heterocycles. The van der Waals surface area contributed by atoms with Crippen molar-refractivity contribution in [1.82, 2.24) is 14.8 Å². The number of nitrogens with zero attached hydrogens (tertiary/aromatic N) is 4. The number of urea groups is 1. The van der Waals surface area contributed by atoms with Gasteiger partial charge in [0.15, 0.2) is 0 Å². The summed E-state index contributed by atoms with van der Waals surface area (Å²) in [5.74, 6) is 0. The van der Waals surface area contributed by atoms with Gasteiger partial charge in [-0.25, -0.2) is 4.79 Å². The fraction of sp³-hybridized carbons (Fsp3) is 0.136. The fourth-order valence-electron chi connectivity index (χ4n) is 3.25. The molecule has 1 N–H and O–H groups in total. The molecule has 0 atom stereocenters. The van der Waals surface area contributed by atoms with E-state index in [2.05, 4.69) is 15.4 Å². The van der Waals surface area contributed by atoms with Gasteiger partial charge in [-0.1, -0.05) is 18.2 Å². The molecule has 0 aliphatic rings. The zero-order chi connectivity index (χ0) is 22.2. The van der Waals surface area contributed by atoms with Crippen LogP contribution < -0.4 is 10.2 Å². The predicted octanol–water partition coefficient (Wildman–Crippen LogP) is 5.32. The average molecular weight is 425 g/mol. The number of hydrogen-bond donors (Lipinski definition) is 1. The maximum Gasteiger partial charge on any atom is 0.416 e. The van der Waals surface area contributed by atoms with Gasteiger partial charge in [-0.05, 0) is 35.9 Å². The monoisotopic (exact) mass is 425 g/mol. The standard InChI is InChI=1S/C22H18F3N5O/c1-29(21(31)28-16-5-3-4-15(10-16)22(23,24)25)17-8-6-14(7-9-17)18-11-26-13-20-19(18)12-27-30(20)2/h3-13H,1-2H3,(H,28,31). The molecule has 0 radical (unpaired) electrons. The van der Waals surface area contributed by atoms with Crippen LogP contribution in [0.2, 0.25) is 0 Å². The number of benzene rings is 2. The molecule has 31 heavy (non-hydrogen) atoms. The van der Waals surface area contributed by atoms with Crippen molar-refractivity contribution in [2.24, 2.45) is 7.05 Å². The van der Waals surface area contributed by atoms with Gasteiger partial charge in [-0.3, -0.25) is 14.6 Å². The highest BCUT2D eigenvalue weighted by atomic mass is 19.4. The molecule has 4 rings (SSSR count). The van der Waals surface area contributed by atoms with Gasteiger partial charge < -0.3 is 5.32 Å². The third-order valence-electron chi connectivity index (χ3n) is 4.99. The molecular formula is C22H18F3N5O. The van der Waals surface area contributed by atoms with Crippen LogP contribution in [0.1, 0.15) is 5.56 Å². The largest absolute Gasteiger partial charge is 0.416 e. The summed E-state index contributed by atoms with van der Waals surface area (Å²) >= 11 is 0. The number of nitrogens with one attached hydrogen (secondary N) is 1. The van der Waals surface area contributed by atoms with Crippen molar-refractivity contribution in [2.75, 3.05) is 17.3 Å². The number of rotatable bonds is 3. The van der Waals surface area contributed by atoms with Gasteiger partial charge in [0, 0.05) is 42.6 Å². The van der Waals surface area contributed by atoms with E-state index in [4.69, 9.17) is 0 Å². The molecule has 0 spiro atoms. The first-order valence-corrected chi connectivity index (χ1v) is 9.32. The lowest BCUT2D eigenvalue weighted by Gasteiger charge is -2.19. The molecule has 4 aromatic rings. The Hall–Kier alpha value is -3.88. The smallest absolute Gasteiger partial charge is 0.308 e. The minimum Gasteiger partial charge on any atom is -0.308 e. The van der Waals surface area contributed by atoms with Crippen LogP contribution in [0.25, 0.3) is 22.0 Å². The SMILES string of the molecule is CN(C(=O)Nc1cccc(C(F)(F)F)c1)c1ccc(-c2cncc3c2cnn3C)cc1. The van der Waals surface area contributed by atoms with Gasteiger partial charge in [0.2, 0.25) is 0 Å². The quantitative estimate of drug-likeness (QED) is 0.483. The predicted molar refractivity (Wildman–Crippen MR) is 113 cm³/mol. The number of aromatic nitrogens is 3. The van der Waals surface area contributed by atoms with Crippen LogP contribution in [0.3, 0.4) is 0 Å². The van der Waals surface area contributed by atoms with Gasteiger partial charge in [-0.15, -0.1) is 0 Å². The number of halogens is 3. The van der Waals surface area contributed by atoms with Gasteiger partial charge >= 0.3 is 12.2 Å². The number of amides is 2. The van der Waals surface area contributed by atoms with E-state index in [1.807, 2.05) is 19.2 Å². The minimum atomic E-state index is -4.48. The fourth-order valence-corrected chi connectivity index (χ4v) is 3.25. The third-order valence-corrected chi connectivity index (χ3v) is 4.99. The van der Waals surface area contributed by atoms with Crippen molar-refractivity contribution in [3.05, 3.63) is 72.7 Å². The van der Waals surface area contributed by atoms with Gasteiger partial charge in [0.1, 0.15) is 0 Å². The Bertz CT molecular complexity index is 1250. The maximum absolute atomic E-state index is 12.9. The molecule has 2 aromatic carbocycles. The van der Waals surface area contributed by atoms with E-state index in [1.54, 1.807) is 42.5 Å². The molecule has 0 aliphatic heterocycles. The Morgan fingerprint density at radius 1 is 1.06 bits per heavy atom. The number of fused-ring (bicyclic) bond motifs is 1. The van der Waals surface area contributed by atoms with E-state index in [-0.39, 0.29) is 5.69 Å². The second kappa shape index (κ2) is 7.75. The van der Waals surface area contributed by atoms with E-state index >= 15 is 0 Å². The summed E-state index contributed by atoms with van der Waals surface area (Å²) in [5.41, 5.74) is 2.54. The Kier molecular flexibility index (Phi) is 5.10. The Labute approximate surface area is 175 Å². The first-order chi connectivity index (χ1) is 14.7. The van der Waals surface area contributed by atoms with Crippen LogP contribution in [-0.2, 0) is 13.2 Å². The Morgan fingerprint density at radius 2 is 1.81 bits per heavy atom. The lowest BCUT2D eigenvalue weighted by Crippen LogP contribution is -2.31. The van der Waals surface area contributed by atoms with E-state index in [1.165, 1.54) is 17.0 Å². The first kappa shape index (κ1) is 20.4. The normalized spacial score (nSPS) is 11.5. The van der Waals surface area contributed by atoms with E-state index in [9.17, 15) is 18.0 Å². The van der Waals surface area contributed by atoms with Crippen LogP contribution in [0.5, 0.6) is 0 Å². The topological polar surface area (TPSA) is 63.1 Å². The molecule has 0 bridgehead atoms. The molecule has 0 saturated heterocycles. The lowest BCUT2D eigenvalue weighted by atomic mass is 10.0. The highest BCUT2D eigenvalue weighted by molar-refractivity contribution is 6.01. The minimum absolute atomic E-state index is 0.0672. The number of hydrogen-bond acceptors (Lipinski definition) is 3. The second-order valence-corrected chi connectivity index (χ2v) is 7.00. The Balaban J connectivity index is 1.53.